The number of aryl methyl sites for hydroxylation is 2. The van der Waals surface area contributed by atoms with Crippen molar-refractivity contribution in [2.45, 2.75) is 13.8 Å². The second kappa shape index (κ2) is 4.93. The van der Waals surface area contributed by atoms with Crippen LogP contribution < -0.4 is 16.8 Å². The van der Waals surface area contributed by atoms with Gasteiger partial charge in [-0.3, -0.25) is 4.79 Å². The van der Waals surface area contributed by atoms with Crippen LogP contribution in [0.4, 0.5) is 17.2 Å². The Morgan fingerprint density at radius 2 is 2.00 bits per heavy atom. The first-order valence-electron chi connectivity index (χ1n) is 5.73. The van der Waals surface area contributed by atoms with E-state index in [0.717, 1.165) is 11.3 Å². The molecular weight excluding hydrogens is 242 g/mol. The molecule has 0 radical (unpaired) electrons. The molecule has 2 heterocycles. The van der Waals surface area contributed by atoms with Gasteiger partial charge in [-0.1, -0.05) is 0 Å². The minimum Gasteiger partial charge on any atom is -0.397 e. The Labute approximate surface area is 110 Å². The quantitative estimate of drug-likeness (QED) is 0.772. The Kier molecular flexibility index (Phi) is 3.33. The summed E-state index contributed by atoms with van der Waals surface area (Å²) in [5.41, 5.74) is 13.9. The zero-order chi connectivity index (χ0) is 14.0. The van der Waals surface area contributed by atoms with Gasteiger partial charge in [-0.2, -0.15) is 0 Å². The molecule has 0 aliphatic carbocycles. The molecule has 2 aromatic heterocycles. The largest absolute Gasteiger partial charge is 0.397 e. The smallest absolute Gasteiger partial charge is 0.269 e. The van der Waals surface area contributed by atoms with Crippen molar-refractivity contribution in [2.75, 3.05) is 11.1 Å². The number of nitrogens with two attached hydrogens (primary N) is 2. The highest BCUT2D eigenvalue weighted by Gasteiger charge is 2.11. The second-order valence-corrected chi connectivity index (χ2v) is 4.33. The molecule has 0 atom stereocenters. The fourth-order valence-electron chi connectivity index (χ4n) is 1.82. The molecule has 1 amide bonds. The van der Waals surface area contributed by atoms with Gasteiger partial charge in [0, 0.05) is 5.69 Å². The first-order valence-corrected chi connectivity index (χ1v) is 5.73. The van der Waals surface area contributed by atoms with Gasteiger partial charge in [0.25, 0.3) is 5.91 Å². The van der Waals surface area contributed by atoms with E-state index in [2.05, 4.69) is 15.3 Å². The summed E-state index contributed by atoms with van der Waals surface area (Å²) in [5, 5.41) is 3.02. The number of hydrogen-bond donors (Lipinski definition) is 3. The van der Waals surface area contributed by atoms with E-state index < -0.39 is 5.91 Å². The third kappa shape index (κ3) is 2.98. The standard InChI is InChI=1S/C13H15N5O/c1-7-3-8(2)17-11(4-7)18-10-5-9(14)6-16-12(10)13(15)19/h3-6H,14H2,1-2H3,(H2,15,19)(H,17,18). The first-order chi connectivity index (χ1) is 8.95. The summed E-state index contributed by atoms with van der Waals surface area (Å²) in [5.74, 6) is -0.000671. The molecule has 6 nitrogen and oxygen atoms in total. The van der Waals surface area contributed by atoms with Crippen molar-refractivity contribution in [3.8, 4) is 0 Å². The zero-order valence-electron chi connectivity index (χ0n) is 10.8. The maximum atomic E-state index is 11.3. The zero-order valence-corrected chi connectivity index (χ0v) is 10.8. The predicted molar refractivity (Wildman–Crippen MR) is 74.2 cm³/mol. The maximum Gasteiger partial charge on any atom is 0.269 e. The van der Waals surface area contributed by atoms with Gasteiger partial charge < -0.3 is 16.8 Å². The number of nitrogens with zero attached hydrogens (tertiary/aromatic N) is 2. The molecule has 0 aliphatic heterocycles. The van der Waals surface area contributed by atoms with E-state index in [1.807, 2.05) is 26.0 Å². The van der Waals surface area contributed by atoms with Crippen LogP contribution in [-0.4, -0.2) is 15.9 Å². The average Bonchev–Trinajstić information content (AvgIpc) is 2.26. The van der Waals surface area contributed by atoms with Crippen LogP contribution in [0, 0.1) is 13.8 Å². The van der Waals surface area contributed by atoms with Crippen molar-refractivity contribution < 1.29 is 4.79 Å². The van der Waals surface area contributed by atoms with Gasteiger partial charge in [0.2, 0.25) is 0 Å². The maximum absolute atomic E-state index is 11.3. The van der Waals surface area contributed by atoms with E-state index in [-0.39, 0.29) is 5.69 Å². The summed E-state index contributed by atoms with van der Waals surface area (Å²) < 4.78 is 0. The molecule has 2 aromatic rings. The van der Waals surface area contributed by atoms with Crippen molar-refractivity contribution in [2.24, 2.45) is 5.73 Å². The number of nitrogens with one attached hydrogen (secondary N) is 1. The van der Waals surface area contributed by atoms with E-state index >= 15 is 0 Å². The SMILES string of the molecule is Cc1cc(C)nc(Nc2cc(N)cnc2C(N)=O)c1. The average molecular weight is 257 g/mol. The minimum atomic E-state index is -0.619. The molecule has 0 bridgehead atoms. The fourth-order valence-corrected chi connectivity index (χ4v) is 1.82. The second-order valence-electron chi connectivity index (χ2n) is 4.33. The summed E-state index contributed by atoms with van der Waals surface area (Å²) in [6.07, 6.45) is 1.39. The lowest BCUT2D eigenvalue weighted by Gasteiger charge is -2.10. The molecule has 6 heteroatoms. The molecular formula is C13H15N5O. The van der Waals surface area contributed by atoms with Crippen LogP contribution in [0.3, 0.4) is 0 Å². The van der Waals surface area contributed by atoms with Crippen LogP contribution in [0.1, 0.15) is 21.7 Å². The topological polar surface area (TPSA) is 107 Å². The minimum absolute atomic E-state index is 0.134. The Balaban J connectivity index is 2.42. The molecule has 0 saturated heterocycles. The van der Waals surface area contributed by atoms with Crippen molar-refractivity contribution in [1.82, 2.24) is 9.97 Å². The monoisotopic (exact) mass is 257 g/mol. The number of nitrogen functional groups attached to an aromatic ring is 1. The van der Waals surface area contributed by atoms with Gasteiger partial charge in [-0.15, -0.1) is 0 Å². The number of carbonyl (C=O) groups excluding carboxylic acids is 1. The van der Waals surface area contributed by atoms with E-state index in [4.69, 9.17) is 11.5 Å². The number of carbonyl (C=O) groups is 1. The number of amides is 1. The summed E-state index contributed by atoms with van der Waals surface area (Å²) in [7, 11) is 0. The van der Waals surface area contributed by atoms with Crippen molar-refractivity contribution >= 4 is 23.1 Å². The summed E-state index contributed by atoms with van der Waals surface area (Å²) >= 11 is 0. The van der Waals surface area contributed by atoms with Gasteiger partial charge >= 0.3 is 0 Å². The van der Waals surface area contributed by atoms with E-state index in [1.165, 1.54) is 6.20 Å². The number of aromatic nitrogens is 2. The van der Waals surface area contributed by atoms with Crippen LogP contribution in [0.2, 0.25) is 0 Å². The third-order valence-corrected chi connectivity index (χ3v) is 2.50. The number of anilines is 3. The van der Waals surface area contributed by atoms with Gasteiger partial charge in [0.1, 0.15) is 5.82 Å². The fraction of sp³-hybridized carbons (Fsp3) is 0.154. The molecule has 0 saturated carbocycles. The van der Waals surface area contributed by atoms with Crippen molar-refractivity contribution in [1.29, 1.82) is 0 Å². The van der Waals surface area contributed by atoms with Gasteiger partial charge in [0.15, 0.2) is 5.69 Å². The molecule has 0 unspecified atom stereocenters. The molecule has 5 N–H and O–H groups in total. The van der Waals surface area contributed by atoms with Crippen LogP contribution in [0.25, 0.3) is 0 Å². The molecule has 0 fully saturated rings. The van der Waals surface area contributed by atoms with E-state index in [1.54, 1.807) is 6.07 Å². The molecule has 0 aromatic carbocycles. The lowest BCUT2D eigenvalue weighted by Crippen LogP contribution is -2.16. The van der Waals surface area contributed by atoms with E-state index in [9.17, 15) is 4.79 Å². The third-order valence-electron chi connectivity index (χ3n) is 2.50. The van der Waals surface area contributed by atoms with Crippen molar-refractivity contribution in [3.05, 3.63) is 41.3 Å². The Morgan fingerprint density at radius 3 is 2.63 bits per heavy atom. The Morgan fingerprint density at radius 1 is 1.26 bits per heavy atom. The Bertz CT molecular complexity index is 619. The Hall–Kier alpha value is -2.63. The van der Waals surface area contributed by atoms with Crippen LogP contribution >= 0.6 is 0 Å². The molecule has 19 heavy (non-hydrogen) atoms. The van der Waals surface area contributed by atoms with Gasteiger partial charge in [0.05, 0.1) is 17.6 Å². The highest BCUT2D eigenvalue weighted by molar-refractivity contribution is 5.97. The summed E-state index contributed by atoms with van der Waals surface area (Å²) in [4.78, 5) is 19.6. The molecule has 0 aliphatic rings. The molecule has 0 spiro atoms. The normalized spacial score (nSPS) is 10.2. The lowest BCUT2D eigenvalue weighted by atomic mass is 10.2. The summed E-state index contributed by atoms with van der Waals surface area (Å²) in [6, 6.07) is 5.42. The predicted octanol–water partition coefficient (Wildman–Crippen LogP) is 1.52. The van der Waals surface area contributed by atoms with Gasteiger partial charge in [-0.25, -0.2) is 9.97 Å². The number of hydrogen-bond acceptors (Lipinski definition) is 5. The summed E-state index contributed by atoms with van der Waals surface area (Å²) in [6.45, 7) is 3.86. The van der Waals surface area contributed by atoms with Crippen LogP contribution in [-0.2, 0) is 0 Å². The molecule has 98 valence electrons. The lowest BCUT2D eigenvalue weighted by molar-refractivity contribution is 0.0996. The van der Waals surface area contributed by atoms with Crippen LogP contribution in [0.5, 0.6) is 0 Å². The number of pyridine rings is 2. The number of primary amides is 1. The number of rotatable bonds is 3. The highest BCUT2D eigenvalue weighted by Crippen LogP contribution is 2.21. The highest BCUT2D eigenvalue weighted by atomic mass is 16.1. The van der Waals surface area contributed by atoms with Crippen molar-refractivity contribution in [3.63, 3.8) is 0 Å². The van der Waals surface area contributed by atoms with Gasteiger partial charge in [-0.05, 0) is 37.6 Å². The molecule has 2 rings (SSSR count). The first kappa shape index (κ1) is 12.8. The van der Waals surface area contributed by atoms with Crippen LogP contribution in [0.15, 0.2) is 24.4 Å². The van der Waals surface area contributed by atoms with E-state index in [0.29, 0.717) is 17.2 Å².